The molecule has 1 aliphatic rings. The first kappa shape index (κ1) is 20.4. The van der Waals surface area contributed by atoms with E-state index in [2.05, 4.69) is 5.32 Å². The fourth-order valence-corrected chi connectivity index (χ4v) is 4.45. The van der Waals surface area contributed by atoms with Crippen LogP contribution >= 0.6 is 0 Å². The lowest BCUT2D eigenvalue weighted by molar-refractivity contribution is 0.0729. The zero-order valence-electron chi connectivity index (χ0n) is 15.8. The van der Waals surface area contributed by atoms with E-state index < -0.39 is 26.6 Å². The summed E-state index contributed by atoms with van der Waals surface area (Å²) in [6.45, 7) is 4.91. The largest absolute Gasteiger partial charge is 0.379 e. The Kier molecular flexibility index (Phi) is 6.12. The number of morpholine rings is 1. The maximum Gasteiger partial charge on any atom is 0.255 e. The molecule has 28 heavy (non-hydrogen) atoms. The van der Waals surface area contributed by atoms with Gasteiger partial charge in [-0.25, -0.2) is 12.8 Å². The van der Waals surface area contributed by atoms with Crippen LogP contribution in [0.25, 0.3) is 0 Å². The third-order valence-electron chi connectivity index (χ3n) is 4.59. The van der Waals surface area contributed by atoms with Crippen molar-refractivity contribution in [1.29, 1.82) is 0 Å². The van der Waals surface area contributed by atoms with Crippen molar-refractivity contribution in [3.05, 3.63) is 59.4 Å². The van der Waals surface area contributed by atoms with E-state index in [1.807, 2.05) is 32.0 Å². The number of anilines is 1. The van der Waals surface area contributed by atoms with E-state index in [1.54, 1.807) is 6.07 Å². The van der Waals surface area contributed by atoms with Gasteiger partial charge in [0.05, 0.1) is 13.2 Å². The third kappa shape index (κ3) is 4.40. The van der Waals surface area contributed by atoms with Gasteiger partial charge in [-0.15, -0.1) is 0 Å². The number of benzene rings is 2. The highest BCUT2D eigenvalue weighted by molar-refractivity contribution is 7.89. The topological polar surface area (TPSA) is 75.7 Å². The van der Waals surface area contributed by atoms with Crippen LogP contribution in [0.4, 0.5) is 10.1 Å². The third-order valence-corrected chi connectivity index (χ3v) is 6.51. The molecule has 0 aromatic heterocycles. The fourth-order valence-electron chi connectivity index (χ4n) is 2.95. The molecule has 2 aromatic rings. The molecular weight excluding hydrogens is 383 g/mol. The van der Waals surface area contributed by atoms with Crippen LogP contribution in [0.3, 0.4) is 0 Å². The van der Waals surface area contributed by atoms with Crippen molar-refractivity contribution in [2.45, 2.75) is 24.7 Å². The number of amides is 1. The Bertz CT molecular complexity index is 970. The van der Waals surface area contributed by atoms with Gasteiger partial charge in [0, 0.05) is 24.3 Å². The molecule has 0 spiro atoms. The first-order chi connectivity index (χ1) is 13.3. The van der Waals surface area contributed by atoms with Crippen LogP contribution in [-0.2, 0) is 14.8 Å². The maximum atomic E-state index is 14.3. The quantitative estimate of drug-likeness (QED) is 0.827. The van der Waals surface area contributed by atoms with Gasteiger partial charge in [0.25, 0.3) is 5.91 Å². The van der Waals surface area contributed by atoms with Gasteiger partial charge in [0.15, 0.2) is 0 Å². The molecule has 0 atom stereocenters. The normalized spacial score (nSPS) is 15.6. The summed E-state index contributed by atoms with van der Waals surface area (Å²) in [6, 6.07) is 10.8. The van der Waals surface area contributed by atoms with E-state index in [1.165, 1.54) is 10.4 Å². The van der Waals surface area contributed by atoms with Gasteiger partial charge in [-0.2, -0.15) is 4.31 Å². The SMILES string of the molecule is CC(C)c1cccc(NC(=O)c2ccc(F)c(S(=O)(=O)N3CCOCC3)c2)c1. The number of nitrogens with one attached hydrogen (secondary N) is 1. The van der Waals surface area contributed by atoms with Crippen LogP contribution in [0, 0.1) is 5.82 Å². The Morgan fingerprint density at radius 3 is 2.54 bits per heavy atom. The average molecular weight is 406 g/mol. The predicted octanol–water partition coefficient (Wildman–Crippen LogP) is 3.22. The second-order valence-electron chi connectivity index (χ2n) is 6.90. The molecule has 1 fully saturated rings. The zero-order valence-corrected chi connectivity index (χ0v) is 16.6. The van der Waals surface area contributed by atoms with Crippen LogP contribution in [-0.4, -0.2) is 44.9 Å². The minimum Gasteiger partial charge on any atom is -0.379 e. The summed E-state index contributed by atoms with van der Waals surface area (Å²) in [5.74, 6) is -1.09. The van der Waals surface area contributed by atoms with Crippen molar-refractivity contribution < 1.29 is 22.3 Å². The number of hydrogen-bond donors (Lipinski definition) is 1. The van der Waals surface area contributed by atoms with E-state index in [-0.39, 0.29) is 31.9 Å². The molecule has 2 aromatic carbocycles. The second kappa shape index (κ2) is 8.38. The molecular formula is C20H23FN2O4S. The van der Waals surface area contributed by atoms with Gasteiger partial charge in [0.2, 0.25) is 10.0 Å². The lowest BCUT2D eigenvalue weighted by Crippen LogP contribution is -2.41. The molecule has 1 N–H and O–H groups in total. The fraction of sp³-hybridized carbons (Fsp3) is 0.350. The smallest absolute Gasteiger partial charge is 0.255 e. The van der Waals surface area contributed by atoms with E-state index in [9.17, 15) is 17.6 Å². The lowest BCUT2D eigenvalue weighted by atomic mass is 10.0. The molecule has 0 radical (unpaired) electrons. The number of halogens is 1. The van der Waals surface area contributed by atoms with Crippen LogP contribution in [0.5, 0.6) is 0 Å². The summed E-state index contributed by atoms with van der Waals surface area (Å²) < 4.78 is 46.1. The van der Waals surface area contributed by atoms with Gasteiger partial charge in [0.1, 0.15) is 10.7 Å². The summed E-state index contributed by atoms with van der Waals surface area (Å²) >= 11 is 0. The molecule has 1 amide bonds. The van der Waals surface area contributed by atoms with E-state index in [0.717, 1.165) is 17.7 Å². The van der Waals surface area contributed by atoms with Gasteiger partial charge in [-0.1, -0.05) is 26.0 Å². The minimum absolute atomic E-state index is 0.0724. The number of rotatable bonds is 5. The number of sulfonamides is 1. The second-order valence-corrected chi connectivity index (χ2v) is 8.80. The zero-order chi connectivity index (χ0) is 20.3. The van der Waals surface area contributed by atoms with E-state index in [0.29, 0.717) is 11.6 Å². The van der Waals surface area contributed by atoms with Crippen molar-refractivity contribution in [3.8, 4) is 0 Å². The maximum absolute atomic E-state index is 14.3. The molecule has 0 aliphatic carbocycles. The molecule has 0 bridgehead atoms. The van der Waals surface area contributed by atoms with Crippen molar-refractivity contribution >= 4 is 21.6 Å². The number of ether oxygens (including phenoxy) is 1. The molecule has 1 heterocycles. The molecule has 8 heteroatoms. The summed E-state index contributed by atoms with van der Waals surface area (Å²) in [6.07, 6.45) is 0. The highest BCUT2D eigenvalue weighted by Gasteiger charge is 2.29. The van der Waals surface area contributed by atoms with Crippen molar-refractivity contribution in [3.63, 3.8) is 0 Å². The lowest BCUT2D eigenvalue weighted by Gasteiger charge is -2.26. The van der Waals surface area contributed by atoms with E-state index >= 15 is 0 Å². The molecule has 6 nitrogen and oxygen atoms in total. The average Bonchev–Trinajstić information content (AvgIpc) is 2.69. The van der Waals surface area contributed by atoms with Crippen LogP contribution < -0.4 is 5.32 Å². The standard InChI is InChI=1S/C20H23FN2O4S/c1-14(2)15-4-3-5-17(12-15)22-20(24)16-6-7-18(21)19(13-16)28(25,26)23-8-10-27-11-9-23/h3-7,12-14H,8-11H2,1-2H3,(H,22,24). The van der Waals surface area contributed by atoms with Crippen molar-refractivity contribution in [2.75, 3.05) is 31.6 Å². The molecule has 3 rings (SSSR count). The number of carbonyl (C=O) groups excluding carboxylic acids is 1. The number of nitrogens with zero attached hydrogens (tertiary/aromatic N) is 1. The summed E-state index contributed by atoms with van der Waals surface area (Å²) in [4.78, 5) is 12.1. The molecule has 1 saturated heterocycles. The highest BCUT2D eigenvalue weighted by Crippen LogP contribution is 2.23. The van der Waals surface area contributed by atoms with Crippen LogP contribution in [0.15, 0.2) is 47.4 Å². The summed E-state index contributed by atoms with van der Waals surface area (Å²) in [5.41, 5.74) is 1.73. The van der Waals surface area contributed by atoms with Gasteiger partial charge in [-0.3, -0.25) is 4.79 Å². The van der Waals surface area contributed by atoms with Gasteiger partial charge < -0.3 is 10.1 Å². The first-order valence-electron chi connectivity index (χ1n) is 9.08. The first-order valence-corrected chi connectivity index (χ1v) is 10.5. The monoisotopic (exact) mass is 406 g/mol. The van der Waals surface area contributed by atoms with Crippen molar-refractivity contribution in [2.24, 2.45) is 0 Å². The van der Waals surface area contributed by atoms with Crippen molar-refractivity contribution in [1.82, 2.24) is 4.31 Å². The molecule has 0 saturated carbocycles. The summed E-state index contributed by atoms with van der Waals surface area (Å²) in [5, 5.41) is 2.74. The van der Waals surface area contributed by atoms with E-state index in [4.69, 9.17) is 4.74 Å². The summed E-state index contributed by atoms with van der Waals surface area (Å²) in [7, 11) is -4.04. The van der Waals surface area contributed by atoms with Crippen LogP contribution in [0.2, 0.25) is 0 Å². The Hall–Kier alpha value is -2.29. The number of hydrogen-bond acceptors (Lipinski definition) is 4. The molecule has 1 aliphatic heterocycles. The molecule has 150 valence electrons. The van der Waals surface area contributed by atoms with Gasteiger partial charge >= 0.3 is 0 Å². The highest BCUT2D eigenvalue weighted by atomic mass is 32.2. The van der Waals surface area contributed by atoms with Gasteiger partial charge in [-0.05, 0) is 41.8 Å². The Balaban J connectivity index is 1.86. The number of carbonyl (C=O) groups is 1. The Morgan fingerprint density at radius 2 is 1.86 bits per heavy atom. The van der Waals surface area contributed by atoms with Crippen LogP contribution in [0.1, 0.15) is 35.7 Å². The predicted molar refractivity (Wildman–Crippen MR) is 104 cm³/mol. The minimum atomic E-state index is -4.04. The Labute approximate surface area is 164 Å². The Morgan fingerprint density at radius 1 is 1.14 bits per heavy atom. The molecule has 0 unspecified atom stereocenters.